The van der Waals surface area contributed by atoms with E-state index in [2.05, 4.69) is 35.2 Å². The molecule has 0 radical (unpaired) electrons. The van der Waals surface area contributed by atoms with Crippen molar-refractivity contribution in [2.75, 3.05) is 33.7 Å². The first-order valence-corrected chi connectivity index (χ1v) is 15.3. The fourth-order valence-corrected chi connectivity index (χ4v) is 6.33. The molecule has 3 atom stereocenters. The van der Waals surface area contributed by atoms with E-state index in [9.17, 15) is 9.59 Å². The molecule has 1 N–H and O–H groups in total. The summed E-state index contributed by atoms with van der Waals surface area (Å²) in [5, 5.41) is 10.0. The molecule has 5 rings (SSSR count). The van der Waals surface area contributed by atoms with Gasteiger partial charge >= 0.3 is 6.09 Å². The highest BCUT2D eigenvalue weighted by Crippen LogP contribution is 2.49. The summed E-state index contributed by atoms with van der Waals surface area (Å²) < 4.78 is 0. The lowest BCUT2D eigenvalue weighted by molar-refractivity contribution is -0.136. The van der Waals surface area contributed by atoms with E-state index in [0.29, 0.717) is 21.9 Å². The monoisotopic (exact) mass is 609 g/mol. The van der Waals surface area contributed by atoms with Gasteiger partial charge in [-0.2, -0.15) is 0 Å². The van der Waals surface area contributed by atoms with Crippen LogP contribution in [0.15, 0.2) is 78.9 Å². The van der Waals surface area contributed by atoms with Crippen molar-refractivity contribution in [3.63, 3.8) is 0 Å². The molecule has 3 aromatic carbocycles. The van der Waals surface area contributed by atoms with Crippen LogP contribution in [0.5, 0.6) is 0 Å². The summed E-state index contributed by atoms with van der Waals surface area (Å²) >= 11 is 12.3. The third-order valence-electron chi connectivity index (χ3n) is 9.06. The van der Waals surface area contributed by atoms with Gasteiger partial charge in [0.05, 0.1) is 21.6 Å². The lowest BCUT2D eigenvalue weighted by atomic mass is 9.79. The highest BCUT2D eigenvalue weighted by Gasteiger charge is 2.44. The second kappa shape index (κ2) is 13.9. The predicted octanol–water partition coefficient (Wildman–Crippen LogP) is 7.92. The second-order valence-corrected chi connectivity index (χ2v) is 12.3. The Morgan fingerprint density at radius 2 is 1.55 bits per heavy atom. The Kier molecular flexibility index (Phi) is 10.6. The molecule has 3 aromatic rings. The highest BCUT2D eigenvalue weighted by atomic mass is 35.5. The van der Waals surface area contributed by atoms with Gasteiger partial charge in [0.1, 0.15) is 0 Å². The van der Waals surface area contributed by atoms with Crippen LogP contribution in [0.3, 0.4) is 0 Å². The first-order valence-electron chi connectivity index (χ1n) is 14.5. The van der Waals surface area contributed by atoms with Gasteiger partial charge in [-0.15, -0.1) is 0 Å². The molecule has 2 amide bonds. The molecule has 1 aliphatic carbocycles. The topological polar surface area (TPSA) is 64.1 Å². The number of piperidine rings is 1. The van der Waals surface area contributed by atoms with Gasteiger partial charge in [0, 0.05) is 40.7 Å². The number of likely N-dealkylation sites (tertiary alicyclic amines) is 1. The van der Waals surface area contributed by atoms with Crippen molar-refractivity contribution < 1.29 is 14.7 Å². The van der Waals surface area contributed by atoms with Crippen LogP contribution in [0, 0.1) is 5.92 Å². The van der Waals surface area contributed by atoms with Crippen molar-refractivity contribution in [2.45, 2.75) is 50.6 Å². The van der Waals surface area contributed by atoms with Crippen LogP contribution in [0.2, 0.25) is 10.0 Å². The smallest absolute Gasteiger partial charge is 0.407 e. The molecule has 8 heteroatoms. The minimum atomic E-state index is -0.906. The molecular weight excluding hydrogens is 569 g/mol. The van der Waals surface area contributed by atoms with E-state index in [1.54, 1.807) is 14.0 Å². The van der Waals surface area contributed by atoms with Crippen molar-refractivity contribution >= 4 is 35.2 Å². The number of hydrogen-bond donors (Lipinski definition) is 1. The second-order valence-electron chi connectivity index (χ2n) is 11.5. The van der Waals surface area contributed by atoms with E-state index in [1.165, 1.54) is 22.4 Å². The van der Waals surface area contributed by atoms with Crippen LogP contribution in [0.25, 0.3) is 0 Å². The maximum atomic E-state index is 12.2. The molecule has 6 nitrogen and oxygen atoms in total. The average Bonchev–Trinajstić information content (AvgIpc) is 3.78. The molecule has 224 valence electrons. The lowest BCUT2D eigenvalue weighted by Gasteiger charge is -2.47. The van der Waals surface area contributed by atoms with Crippen LogP contribution < -0.4 is 0 Å². The van der Waals surface area contributed by atoms with Gasteiger partial charge in [0.25, 0.3) is 0 Å². The lowest BCUT2D eigenvalue weighted by Crippen LogP contribution is -2.53. The SMILES string of the molecule is CC(=O)N(C)C1(c2ccccc2)CCN(C[C@@H]2C[C@@H]2c2ccc(Cl)c(Cl)c2)CC1.C[C@H](c1ccccc1)N(C)C(=O)O. The van der Waals surface area contributed by atoms with Gasteiger partial charge in [0.2, 0.25) is 5.91 Å². The summed E-state index contributed by atoms with van der Waals surface area (Å²) in [5.41, 5.74) is 3.36. The van der Waals surface area contributed by atoms with E-state index in [-0.39, 0.29) is 17.5 Å². The Morgan fingerprint density at radius 1 is 0.952 bits per heavy atom. The molecule has 2 aliphatic rings. The number of carbonyl (C=O) groups is 2. The predicted molar refractivity (Wildman–Crippen MR) is 170 cm³/mol. The van der Waals surface area contributed by atoms with E-state index in [0.717, 1.165) is 38.0 Å². The number of rotatable bonds is 7. The highest BCUT2D eigenvalue weighted by molar-refractivity contribution is 6.42. The number of carboxylic acid groups (broad SMARTS) is 1. The van der Waals surface area contributed by atoms with Gasteiger partial charge in [-0.1, -0.05) is 89.9 Å². The summed E-state index contributed by atoms with van der Waals surface area (Å²) in [6.45, 7) is 6.67. The average molecular weight is 611 g/mol. The zero-order valence-corrected chi connectivity index (χ0v) is 26.4. The molecule has 1 saturated heterocycles. The quantitative estimate of drug-likeness (QED) is 0.295. The van der Waals surface area contributed by atoms with Crippen molar-refractivity contribution in [3.8, 4) is 0 Å². The Balaban J connectivity index is 0.000000262. The van der Waals surface area contributed by atoms with Crippen LogP contribution in [-0.4, -0.2) is 65.5 Å². The summed E-state index contributed by atoms with van der Waals surface area (Å²) in [5.74, 6) is 1.40. The molecule has 0 bridgehead atoms. The summed E-state index contributed by atoms with van der Waals surface area (Å²) in [7, 11) is 3.52. The minimum Gasteiger partial charge on any atom is -0.465 e. The van der Waals surface area contributed by atoms with Gasteiger partial charge in [-0.3, -0.25) is 4.79 Å². The molecule has 42 heavy (non-hydrogen) atoms. The summed E-state index contributed by atoms with van der Waals surface area (Å²) in [4.78, 5) is 28.7. The minimum absolute atomic E-state index is 0.0984. The Morgan fingerprint density at radius 3 is 2.10 bits per heavy atom. The molecule has 1 saturated carbocycles. The molecule has 0 unspecified atom stereocenters. The van der Waals surface area contributed by atoms with Gasteiger partial charge < -0.3 is 19.8 Å². The maximum absolute atomic E-state index is 12.2. The van der Waals surface area contributed by atoms with Crippen molar-refractivity contribution in [3.05, 3.63) is 106 Å². The molecule has 2 fully saturated rings. The van der Waals surface area contributed by atoms with Crippen molar-refractivity contribution in [2.24, 2.45) is 5.92 Å². The fourth-order valence-electron chi connectivity index (χ4n) is 6.03. The van der Waals surface area contributed by atoms with Gasteiger partial charge in [-0.05, 0) is 66.8 Å². The normalized spacial score (nSPS) is 20.0. The first-order chi connectivity index (χ1) is 20.0. The number of amides is 2. The number of carbonyl (C=O) groups excluding carboxylic acids is 1. The zero-order chi connectivity index (χ0) is 30.4. The van der Waals surface area contributed by atoms with Crippen molar-refractivity contribution in [1.29, 1.82) is 0 Å². The summed E-state index contributed by atoms with van der Waals surface area (Å²) in [6, 6.07) is 26.0. The van der Waals surface area contributed by atoms with Crippen LogP contribution in [-0.2, 0) is 10.3 Å². The first kappa shape index (κ1) is 31.9. The van der Waals surface area contributed by atoms with Crippen LogP contribution >= 0.6 is 23.2 Å². The fraction of sp³-hybridized carbons (Fsp3) is 0.412. The molecule has 0 aromatic heterocycles. The van der Waals surface area contributed by atoms with E-state index in [4.69, 9.17) is 28.3 Å². The number of benzene rings is 3. The number of hydrogen-bond acceptors (Lipinski definition) is 3. The number of nitrogens with zero attached hydrogens (tertiary/aromatic N) is 3. The van der Waals surface area contributed by atoms with Crippen LogP contribution in [0.4, 0.5) is 4.79 Å². The zero-order valence-electron chi connectivity index (χ0n) is 24.8. The van der Waals surface area contributed by atoms with Gasteiger partial charge in [0.15, 0.2) is 0 Å². The largest absolute Gasteiger partial charge is 0.465 e. The third-order valence-corrected chi connectivity index (χ3v) is 9.80. The Labute approximate surface area is 259 Å². The number of halogens is 2. The Bertz CT molecular complexity index is 1350. The van der Waals surface area contributed by atoms with E-state index >= 15 is 0 Å². The van der Waals surface area contributed by atoms with Crippen molar-refractivity contribution in [1.82, 2.24) is 14.7 Å². The third kappa shape index (κ3) is 7.47. The van der Waals surface area contributed by atoms with Gasteiger partial charge in [-0.25, -0.2) is 4.79 Å². The maximum Gasteiger partial charge on any atom is 0.407 e. The molecular formula is C34H41Cl2N3O3. The van der Waals surface area contributed by atoms with E-state index in [1.807, 2.05) is 67.4 Å². The molecule has 0 spiro atoms. The standard InChI is InChI=1S/C24H28Cl2N2O.C10H13NO2/c1-17(29)27(2)24(20-6-4-3-5-7-20)10-12-28(13-11-24)16-19-14-21(19)18-8-9-22(25)23(26)15-18;1-8(11(2)10(12)13)9-6-4-3-5-7-9/h3-9,15,19,21H,10-14,16H2,1-2H3;3-8H,1-2H3,(H,12,13)/t19-,21+;8-/m01/s1. The summed E-state index contributed by atoms with van der Waals surface area (Å²) in [6.07, 6.45) is 2.25. The molecule has 1 aliphatic heterocycles. The van der Waals surface area contributed by atoms with E-state index < -0.39 is 6.09 Å². The Hall–Kier alpha value is -3.06. The molecule has 1 heterocycles. The van der Waals surface area contributed by atoms with Crippen LogP contribution in [0.1, 0.15) is 61.8 Å².